The summed E-state index contributed by atoms with van der Waals surface area (Å²) < 4.78 is 12.8. The van der Waals surface area contributed by atoms with Crippen molar-refractivity contribution < 1.29 is 13.9 Å². The summed E-state index contributed by atoms with van der Waals surface area (Å²) in [6.45, 7) is 2.11. The minimum absolute atomic E-state index is 0.0739. The molecule has 0 fully saturated rings. The minimum Gasteiger partial charge on any atom is -0.443 e. The molecule has 4 heterocycles. The van der Waals surface area contributed by atoms with Crippen molar-refractivity contribution in [1.29, 1.82) is 0 Å². The topological polar surface area (TPSA) is 86.3 Å². The van der Waals surface area contributed by atoms with E-state index >= 15 is 0 Å². The summed E-state index contributed by atoms with van der Waals surface area (Å²) in [5, 5.41) is 0. The number of imidazole rings is 1. The Kier molecular flexibility index (Phi) is 5.21. The summed E-state index contributed by atoms with van der Waals surface area (Å²) in [5.41, 5.74) is 4.10. The first-order valence-corrected chi connectivity index (χ1v) is 10.3. The average Bonchev–Trinajstić information content (AvgIpc) is 3.40. The number of carbonyl (C=O) groups excluding carboxylic acids is 1. The SMILES string of the molecule is COCc1nc2c(o1)CCN(C(=O)c1cnc3c(c1)ncn3CCc1ccccc1)C2. The lowest BCUT2D eigenvalue weighted by Crippen LogP contribution is -2.35. The van der Waals surface area contributed by atoms with Gasteiger partial charge in [-0.25, -0.2) is 15.0 Å². The first-order chi connectivity index (χ1) is 15.2. The molecule has 31 heavy (non-hydrogen) atoms. The molecule has 0 spiro atoms. The summed E-state index contributed by atoms with van der Waals surface area (Å²) >= 11 is 0. The van der Waals surface area contributed by atoms with Gasteiger partial charge in [-0.15, -0.1) is 0 Å². The lowest BCUT2D eigenvalue weighted by atomic mass is 10.1. The molecule has 8 heteroatoms. The van der Waals surface area contributed by atoms with E-state index in [1.165, 1.54) is 5.56 Å². The Morgan fingerprint density at radius 1 is 1.23 bits per heavy atom. The van der Waals surface area contributed by atoms with Crippen LogP contribution in [0, 0.1) is 0 Å². The van der Waals surface area contributed by atoms with Gasteiger partial charge in [-0.05, 0) is 18.1 Å². The standard InChI is InChI=1S/C23H23N5O3/c1-30-14-21-26-19-13-27(10-8-20(19)31-21)23(29)17-11-18-22(24-12-17)28(15-25-18)9-7-16-5-3-2-4-6-16/h2-6,11-12,15H,7-10,13-14H2,1H3. The summed E-state index contributed by atoms with van der Waals surface area (Å²) in [7, 11) is 1.60. The van der Waals surface area contributed by atoms with Crippen LogP contribution in [0.2, 0.25) is 0 Å². The van der Waals surface area contributed by atoms with Gasteiger partial charge in [0.2, 0.25) is 5.89 Å². The number of aromatic nitrogens is 4. The van der Waals surface area contributed by atoms with Gasteiger partial charge >= 0.3 is 0 Å². The van der Waals surface area contributed by atoms with Crippen molar-refractivity contribution in [2.24, 2.45) is 0 Å². The highest BCUT2D eigenvalue weighted by Crippen LogP contribution is 2.22. The van der Waals surface area contributed by atoms with Crippen LogP contribution in [0.1, 0.15) is 33.3 Å². The summed E-state index contributed by atoms with van der Waals surface area (Å²) in [4.78, 5) is 28.3. The van der Waals surface area contributed by atoms with Crippen molar-refractivity contribution in [1.82, 2.24) is 24.4 Å². The third-order valence-corrected chi connectivity index (χ3v) is 5.51. The Labute approximate surface area is 179 Å². The van der Waals surface area contributed by atoms with Gasteiger partial charge < -0.3 is 18.6 Å². The van der Waals surface area contributed by atoms with E-state index in [0.29, 0.717) is 37.6 Å². The predicted octanol–water partition coefficient (Wildman–Crippen LogP) is 3.01. The summed E-state index contributed by atoms with van der Waals surface area (Å²) in [6, 6.07) is 12.1. The van der Waals surface area contributed by atoms with Crippen LogP contribution in [-0.2, 0) is 37.3 Å². The van der Waals surface area contributed by atoms with Crippen LogP contribution in [0.25, 0.3) is 11.2 Å². The molecule has 1 aliphatic rings. The van der Waals surface area contributed by atoms with E-state index in [9.17, 15) is 4.79 Å². The quantitative estimate of drug-likeness (QED) is 0.479. The fourth-order valence-electron chi connectivity index (χ4n) is 3.92. The van der Waals surface area contributed by atoms with Crippen LogP contribution < -0.4 is 0 Å². The van der Waals surface area contributed by atoms with Crippen LogP contribution in [-0.4, -0.2) is 44.0 Å². The molecular weight excluding hydrogens is 394 g/mol. The molecule has 1 aliphatic heterocycles. The Morgan fingerprint density at radius 3 is 2.94 bits per heavy atom. The highest BCUT2D eigenvalue weighted by molar-refractivity contribution is 5.96. The van der Waals surface area contributed by atoms with Crippen molar-refractivity contribution in [3.8, 4) is 0 Å². The molecule has 0 radical (unpaired) electrons. The van der Waals surface area contributed by atoms with E-state index in [1.807, 2.05) is 28.8 Å². The lowest BCUT2D eigenvalue weighted by Gasteiger charge is -2.25. The van der Waals surface area contributed by atoms with Gasteiger partial charge in [0.1, 0.15) is 23.6 Å². The second kappa shape index (κ2) is 8.31. The van der Waals surface area contributed by atoms with Gasteiger partial charge in [0, 0.05) is 32.8 Å². The lowest BCUT2D eigenvalue weighted by molar-refractivity contribution is 0.0727. The zero-order valence-electron chi connectivity index (χ0n) is 17.3. The van der Waals surface area contributed by atoms with Gasteiger partial charge in [-0.3, -0.25) is 4.79 Å². The third-order valence-electron chi connectivity index (χ3n) is 5.51. The molecule has 0 aliphatic carbocycles. The molecule has 4 aromatic rings. The van der Waals surface area contributed by atoms with E-state index < -0.39 is 0 Å². The molecule has 0 saturated heterocycles. The van der Waals surface area contributed by atoms with E-state index in [4.69, 9.17) is 9.15 Å². The highest BCUT2D eigenvalue weighted by atomic mass is 16.5. The summed E-state index contributed by atoms with van der Waals surface area (Å²) in [6.07, 6.45) is 4.96. The fraction of sp³-hybridized carbons (Fsp3) is 0.304. The van der Waals surface area contributed by atoms with Crippen molar-refractivity contribution in [3.63, 3.8) is 0 Å². The van der Waals surface area contributed by atoms with Gasteiger partial charge in [0.05, 0.1) is 18.4 Å². The Balaban J connectivity index is 1.30. The largest absolute Gasteiger partial charge is 0.443 e. The normalized spacial score (nSPS) is 13.5. The molecule has 0 bridgehead atoms. The molecule has 5 rings (SSSR count). The van der Waals surface area contributed by atoms with Gasteiger partial charge in [0.15, 0.2) is 5.65 Å². The van der Waals surface area contributed by atoms with Crippen molar-refractivity contribution >= 4 is 17.1 Å². The van der Waals surface area contributed by atoms with Crippen molar-refractivity contribution in [2.75, 3.05) is 13.7 Å². The number of carbonyl (C=O) groups is 1. The zero-order chi connectivity index (χ0) is 21.2. The maximum absolute atomic E-state index is 13.1. The predicted molar refractivity (Wildman–Crippen MR) is 113 cm³/mol. The maximum Gasteiger partial charge on any atom is 0.255 e. The Hall–Kier alpha value is -3.52. The number of rotatable bonds is 6. The number of nitrogens with zero attached hydrogens (tertiary/aromatic N) is 5. The van der Waals surface area contributed by atoms with Gasteiger partial charge in [-0.1, -0.05) is 30.3 Å². The van der Waals surface area contributed by atoms with Crippen molar-refractivity contribution in [3.05, 3.63) is 77.4 Å². The minimum atomic E-state index is -0.0739. The van der Waals surface area contributed by atoms with Crippen LogP contribution in [0.3, 0.4) is 0 Å². The maximum atomic E-state index is 13.1. The number of hydrogen-bond acceptors (Lipinski definition) is 6. The smallest absolute Gasteiger partial charge is 0.255 e. The Morgan fingerprint density at radius 2 is 2.10 bits per heavy atom. The number of benzene rings is 1. The molecule has 158 valence electrons. The first-order valence-electron chi connectivity index (χ1n) is 10.3. The van der Waals surface area contributed by atoms with Crippen molar-refractivity contribution in [2.45, 2.75) is 32.5 Å². The number of aryl methyl sites for hydroxylation is 2. The van der Waals surface area contributed by atoms with Crippen LogP contribution in [0.15, 0.2) is 53.3 Å². The fourth-order valence-corrected chi connectivity index (χ4v) is 3.92. The van der Waals surface area contributed by atoms with Crippen LogP contribution >= 0.6 is 0 Å². The van der Waals surface area contributed by atoms with E-state index in [1.54, 1.807) is 24.5 Å². The highest BCUT2D eigenvalue weighted by Gasteiger charge is 2.26. The number of amides is 1. The number of fused-ring (bicyclic) bond motifs is 2. The number of pyridine rings is 1. The van der Waals surface area contributed by atoms with E-state index in [0.717, 1.165) is 35.6 Å². The average molecular weight is 417 g/mol. The van der Waals surface area contributed by atoms with Crippen LogP contribution in [0.4, 0.5) is 0 Å². The Bertz CT molecular complexity index is 1210. The molecule has 0 unspecified atom stereocenters. The number of methoxy groups -OCH3 is 1. The zero-order valence-corrected chi connectivity index (χ0v) is 17.3. The molecular formula is C23H23N5O3. The van der Waals surface area contributed by atoms with Gasteiger partial charge in [-0.2, -0.15) is 0 Å². The van der Waals surface area contributed by atoms with Crippen LogP contribution in [0.5, 0.6) is 0 Å². The van der Waals surface area contributed by atoms with E-state index in [-0.39, 0.29) is 5.91 Å². The molecule has 0 saturated carbocycles. The molecule has 0 N–H and O–H groups in total. The second-order valence-corrected chi connectivity index (χ2v) is 7.63. The molecule has 1 amide bonds. The second-order valence-electron chi connectivity index (χ2n) is 7.63. The number of oxazole rings is 1. The number of hydrogen-bond donors (Lipinski definition) is 0. The molecule has 8 nitrogen and oxygen atoms in total. The summed E-state index contributed by atoms with van der Waals surface area (Å²) in [5.74, 6) is 1.31. The molecule has 3 aromatic heterocycles. The number of ether oxygens (including phenoxy) is 1. The van der Waals surface area contributed by atoms with Gasteiger partial charge in [0.25, 0.3) is 5.91 Å². The molecule has 1 aromatic carbocycles. The first kappa shape index (κ1) is 19.4. The van der Waals surface area contributed by atoms with E-state index in [2.05, 4.69) is 27.1 Å². The molecule has 0 atom stereocenters. The monoisotopic (exact) mass is 417 g/mol. The third kappa shape index (κ3) is 3.94.